The maximum absolute atomic E-state index is 13.0. The monoisotopic (exact) mass is 508 g/mol. The molecule has 3 rings (SSSR count). The van der Waals surface area contributed by atoms with Crippen molar-refractivity contribution in [1.82, 2.24) is 9.29 Å². The summed E-state index contributed by atoms with van der Waals surface area (Å²) < 4.78 is 26.3. The number of thiazole rings is 1. The van der Waals surface area contributed by atoms with Crippen LogP contribution in [0.5, 0.6) is 0 Å². The van der Waals surface area contributed by atoms with Gasteiger partial charge in [-0.3, -0.25) is 9.69 Å². The smallest absolute Gasteiger partial charge is 0.327 e. The highest BCUT2D eigenvalue weighted by molar-refractivity contribution is 7.91. The van der Waals surface area contributed by atoms with E-state index >= 15 is 0 Å². The van der Waals surface area contributed by atoms with Crippen LogP contribution in [0.3, 0.4) is 0 Å². The quantitative estimate of drug-likeness (QED) is 0.562. The van der Waals surface area contributed by atoms with E-state index in [4.69, 9.17) is 0 Å². The average molecular weight is 509 g/mol. The summed E-state index contributed by atoms with van der Waals surface area (Å²) in [5.74, 6) is -0.126. The number of carbonyl (C=O) groups excluding carboxylic acids is 2. The number of aromatic nitrogens is 1. The van der Waals surface area contributed by atoms with Gasteiger partial charge in [0.25, 0.3) is 10.0 Å². The average Bonchev–Trinajstić information content (AvgIpc) is 3.44. The zero-order valence-electron chi connectivity index (χ0n) is 20.2. The van der Waals surface area contributed by atoms with Crippen LogP contribution in [0.2, 0.25) is 0 Å². The summed E-state index contributed by atoms with van der Waals surface area (Å²) in [5, 5.41) is 5.98. The minimum absolute atomic E-state index is 0.0923. The number of hydrogen-bond donors (Lipinski definition) is 2. The number of urea groups is 1. The fraction of sp³-hybridized carbons (Fsp3) is 0.500. The molecule has 186 valence electrons. The molecule has 0 radical (unpaired) electrons. The second-order valence-corrected chi connectivity index (χ2v) is 11.7. The molecule has 2 N–H and O–H groups in total. The molecule has 0 bridgehead atoms. The molecule has 3 amide bonds. The number of nitrogens with one attached hydrogen (secondary N) is 2. The maximum Gasteiger partial charge on any atom is 0.327 e. The van der Waals surface area contributed by atoms with E-state index in [1.165, 1.54) is 26.0 Å². The van der Waals surface area contributed by atoms with E-state index in [-0.39, 0.29) is 15.2 Å². The Morgan fingerprint density at radius 3 is 2.41 bits per heavy atom. The van der Waals surface area contributed by atoms with E-state index in [0.29, 0.717) is 29.9 Å². The molecule has 1 saturated heterocycles. The second-order valence-electron chi connectivity index (χ2n) is 8.37. The van der Waals surface area contributed by atoms with Crippen molar-refractivity contribution in [3.63, 3.8) is 0 Å². The molecule has 2 heterocycles. The molecule has 1 aliphatic heterocycles. The minimum atomic E-state index is -3.66. The number of amides is 3. The predicted molar refractivity (Wildman–Crippen MR) is 137 cm³/mol. The number of nitrogens with zero attached hydrogens (tertiary/aromatic N) is 4. The zero-order valence-corrected chi connectivity index (χ0v) is 21.8. The highest BCUT2D eigenvalue weighted by Crippen LogP contribution is 2.33. The highest BCUT2D eigenvalue weighted by Gasteiger charge is 2.27. The maximum atomic E-state index is 13.0. The number of carbonyl (C=O) groups is 2. The van der Waals surface area contributed by atoms with Crippen molar-refractivity contribution in [2.45, 2.75) is 43.7 Å². The molecular weight excluding hydrogens is 476 g/mol. The van der Waals surface area contributed by atoms with E-state index in [1.807, 2.05) is 19.1 Å². The number of rotatable bonds is 8. The molecular formula is C22H32N6O4S2. The van der Waals surface area contributed by atoms with Gasteiger partial charge in [0.15, 0.2) is 9.34 Å². The Labute approximate surface area is 205 Å². The molecule has 0 unspecified atom stereocenters. The summed E-state index contributed by atoms with van der Waals surface area (Å²) in [4.78, 5) is 33.1. The van der Waals surface area contributed by atoms with E-state index < -0.39 is 16.1 Å². The molecule has 1 fully saturated rings. The molecule has 1 aliphatic rings. The van der Waals surface area contributed by atoms with E-state index in [0.717, 1.165) is 47.3 Å². The van der Waals surface area contributed by atoms with Gasteiger partial charge in [0.05, 0.1) is 17.1 Å². The van der Waals surface area contributed by atoms with Gasteiger partial charge < -0.3 is 15.5 Å². The third-order valence-electron chi connectivity index (χ3n) is 5.52. The van der Waals surface area contributed by atoms with Crippen molar-refractivity contribution in [1.29, 1.82) is 0 Å². The SMILES string of the molecule is CCCC(=O)Nc1cc(N2CCCC2)ccc1NC(=O)N(C)c1nc(C)c(S(=O)(=O)N(C)C)s1. The number of sulfonamides is 1. The van der Waals surface area contributed by atoms with Crippen LogP contribution in [0.1, 0.15) is 38.3 Å². The lowest BCUT2D eigenvalue weighted by Gasteiger charge is -2.22. The Hall–Kier alpha value is -2.70. The van der Waals surface area contributed by atoms with Gasteiger partial charge in [0.2, 0.25) is 5.91 Å². The van der Waals surface area contributed by atoms with Crippen LogP contribution in [0.15, 0.2) is 22.4 Å². The summed E-state index contributed by atoms with van der Waals surface area (Å²) in [6, 6.07) is 5.08. The number of anilines is 4. The lowest BCUT2D eigenvalue weighted by atomic mass is 10.2. The molecule has 2 aromatic rings. The summed E-state index contributed by atoms with van der Waals surface area (Å²) in [6.45, 7) is 5.44. The van der Waals surface area contributed by atoms with Crippen LogP contribution < -0.4 is 20.4 Å². The van der Waals surface area contributed by atoms with Gasteiger partial charge in [-0.05, 0) is 44.4 Å². The molecule has 0 saturated carbocycles. The van der Waals surface area contributed by atoms with Crippen LogP contribution in [0.25, 0.3) is 0 Å². The topological polar surface area (TPSA) is 115 Å². The first-order chi connectivity index (χ1) is 16.0. The molecule has 0 aliphatic carbocycles. The van der Waals surface area contributed by atoms with Crippen LogP contribution in [0, 0.1) is 6.92 Å². The molecule has 0 atom stereocenters. The minimum Gasteiger partial charge on any atom is -0.371 e. The molecule has 1 aromatic carbocycles. The highest BCUT2D eigenvalue weighted by atomic mass is 32.2. The largest absolute Gasteiger partial charge is 0.371 e. The normalized spacial score (nSPS) is 13.9. The third-order valence-corrected chi connectivity index (χ3v) is 9.15. The van der Waals surface area contributed by atoms with Crippen molar-refractivity contribution in [3.8, 4) is 0 Å². The van der Waals surface area contributed by atoms with Gasteiger partial charge >= 0.3 is 6.03 Å². The fourth-order valence-corrected chi connectivity index (χ4v) is 6.16. The Kier molecular flexibility index (Phi) is 8.16. The van der Waals surface area contributed by atoms with Crippen LogP contribution in [-0.2, 0) is 14.8 Å². The molecule has 34 heavy (non-hydrogen) atoms. The van der Waals surface area contributed by atoms with E-state index in [1.54, 1.807) is 13.0 Å². The predicted octanol–water partition coefficient (Wildman–Crippen LogP) is 3.71. The Morgan fingerprint density at radius 2 is 1.79 bits per heavy atom. The molecule has 10 nitrogen and oxygen atoms in total. The summed E-state index contributed by atoms with van der Waals surface area (Å²) in [6.07, 6.45) is 3.34. The van der Waals surface area contributed by atoms with E-state index in [9.17, 15) is 18.0 Å². The lowest BCUT2D eigenvalue weighted by molar-refractivity contribution is -0.116. The molecule has 12 heteroatoms. The van der Waals surface area contributed by atoms with Gasteiger partial charge in [0, 0.05) is 46.3 Å². The number of aryl methyl sites for hydroxylation is 1. The standard InChI is InChI=1S/C22H32N6O4S2/c1-6-9-19(29)24-18-14-16(28-12-7-8-13-28)10-11-17(18)25-21(30)27(5)22-23-15(2)20(33-22)34(31,32)26(3)4/h10-11,14H,6-9,12-13H2,1-5H3,(H,24,29)(H,25,30). The first-order valence-electron chi connectivity index (χ1n) is 11.2. The van der Waals surface area contributed by atoms with Crippen molar-refractivity contribution in [3.05, 3.63) is 23.9 Å². The van der Waals surface area contributed by atoms with Crippen molar-refractivity contribution >= 4 is 55.5 Å². The second kappa shape index (κ2) is 10.7. The lowest BCUT2D eigenvalue weighted by Crippen LogP contribution is -2.31. The van der Waals surface area contributed by atoms with Crippen molar-refractivity contribution < 1.29 is 18.0 Å². The number of hydrogen-bond acceptors (Lipinski definition) is 7. The van der Waals surface area contributed by atoms with Crippen LogP contribution in [0.4, 0.5) is 27.0 Å². The first-order valence-corrected chi connectivity index (χ1v) is 13.4. The molecule has 0 spiro atoms. The van der Waals surface area contributed by atoms with Crippen LogP contribution in [-0.4, -0.2) is 63.9 Å². The van der Waals surface area contributed by atoms with Gasteiger partial charge in [-0.1, -0.05) is 18.3 Å². The number of benzene rings is 1. The summed E-state index contributed by atoms with van der Waals surface area (Å²) in [5.41, 5.74) is 2.30. The van der Waals surface area contributed by atoms with Gasteiger partial charge in [0.1, 0.15) is 0 Å². The summed E-state index contributed by atoms with van der Waals surface area (Å²) in [7, 11) is 0.755. The summed E-state index contributed by atoms with van der Waals surface area (Å²) >= 11 is 0.930. The van der Waals surface area contributed by atoms with Gasteiger partial charge in [-0.25, -0.2) is 22.5 Å². The first kappa shape index (κ1) is 25.9. The van der Waals surface area contributed by atoms with Crippen molar-refractivity contribution in [2.24, 2.45) is 0 Å². The fourth-order valence-electron chi connectivity index (χ4n) is 3.56. The Balaban J connectivity index is 1.84. The Morgan fingerprint density at radius 1 is 1.12 bits per heavy atom. The zero-order chi connectivity index (χ0) is 25.0. The van der Waals surface area contributed by atoms with Crippen molar-refractivity contribution in [2.75, 3.05) is 54.7 Å². The van der Waals surface area contributed by atoms with Gasteiger partial charge in [-0.15, -0.1) is 0 Å². The van der Waals surface area contributed by atoms with E-state index in [2.05, 4.69) is 20.5 Å². The third kappa shape index (κ3) is 5.68. The Bertz CT molecular complexity index is 1160. The van der Waals surface area contributed by atoms with Gasteiger partial charge in [-0.2, -0.15) is 0 Å². The van der Waals surface area contributed by atoms with Crippen LogP contribution >= 0.6 is 11.3 Å². The molecule has 1 aromatic heterocycles.